The van der Waals surface area contributed by atoms with Crippen LogP contribution in [0.15, 0.2) is 71.1 Å². The first-order chi connectivity index (χ1) is 12.6. The number of carbonyl (C=O) groups excluding carboxylic acids is 1. The molecule has 0 fully saturated rings. The number of nitrogens with one attached hydrogen (secondary N) is 1. The summed E-state index contributed by atoms with van der Waals surface area (Å²) >= 11 is 7.25. The minimum atomic E-state index is -0.226. The Balaban J connectivity index is 1.82. The second-order valence-electron chi connectivity index (χ2n) is 5.43. The zero-order valence-electron chi connectivity index (χ0n) is 13.8. The number of aromatic nitrogens is 2. The van der Waals surface area contributed by atoms with Crippen LogP contribution in [0.3, 0.4) is 0 Å². The van der Waals surface area contributed by atoms with E-state index in [0.717, 1.165) is 0 Å². The van der Waals surface area contributed by atoms with Gasteiger partial charge in [0.05, 0.1) is 27.4 Å². The number of hydrogen-bond acceptors (Lipinski definition) is 4. The lowest BCUT2D eigenvalue weighted by Gasteiger charge is -2.11. The molecule has 0 spiro atoms. The molecule has 0 aliphatic carbocycles. The molecule has 7 heteroatoms. The molecule has 0 unspecified atom stereocenters. The van der Waals surface area contributed by atoms with Crippen LogP contribution < -0.4 is 10.9 Å². The summed E-state index contributed by atoms with van der Waals surface area (Å²) in [7, 11) is 0. The van der Waals surface area contributed by atoms with E-state index in [1.54, 1.807) is 48.5 Å². The predicted molar refractivity (Wildman–Crippen MR) is 107 cm³/mol. The molecule has 1 N–H and O–H groups in total. The smallest absolute Gasteiger partial charge is 0.262 e. The van der Waals surface area contributed by atoms with Gasteiger partial charge in [-0.1, -0.05) is 53.7 Å². The number of nitrogens with zero attached hydrogens (tertiary/aromatic N) is 2. The van der Waals surface area contributed by atoms with Crippen molar-refractivity contribution in [1.82, 2.24) is 9.55 Å². The van der Waals surface area contributed by atoms with Gasteiger partial charge in [0, 0.05) is 6.54 Å². The highest BCUT2D eigenvalue weighted by molar-refractivity contribution is 7.99. The molecule has 0 atom stereocenters. The van der Waals surface area contributed by atoms with Gasteiger partial charge in [0.1, 0.15) is 0 Å². The Bertz CT molecular complexity index is 1030. The van der Waals surface area contributed by atoms with Crippen LogP contribution in [0.25, 0.3) is 10.9 Å². The fourth-order valence-electron chi connectivity index (χ4n) is 2.43. The number of thioether (sulfide) groups is 1. The highest BCUT2D eigenvalue weighted by Gasteiger charge is 2.13. The molecule has 3 aromatic rings. The third kappa shape index (κ3) is 3.98. The fourth-order valence-corrected chi connectivity index (χ4v) is 3.42. The number of para-hydroxylation sites is 2. The van der Waals surface area contributed by atoms with Crippen LogP contribution in [-0.2, 0) is 11.3 Å². The maximum atomic E-state index is 12.7. The first-order valence-electron chi connectivity index (χ1n) is 7.88. The van der Waals surface area contributed by atoms with E-state index in [1.807, 2.05) is 6.07 Å². The summed E-state index contributed by atoms with van der Waals surface area (Å²) in [5.74, 6) is -0.122. The average Bonchev–Trinajstić information content (AvgIpc) is 2.64. The summed E-state index contributed by atoms with van der Waals surface area (Å²) in [6, 6.07) is 14.2. The molecule has 0 saturated carbocycles. The Morgan fingerprint density at radius 2 is 1.96 bits per heavy atom. The summed E-state index contributed by atoms with van der Waals surface area (Å²) in [5.41, 5.74) is 1.01. The van der Waals surface area contributed by atoms with Crippen molar-refractivity contribution in [3.8, 4) is 0 Å². The van der Waals surface area contributed by atoms with Crippen molar-refractivity contribution < 1.29 is 4.79 Å². The van der Waals surface area contributed by atoms with Gasteiger partial charge in [-0.15, -0.1) is 6.58 Å². The first-order valence-corrected chi connectivity index (χ1v) is 9.24. The van der Waals surface area contributed by atoms with E-state index >= 15 is 0 Å². The molecular weight excluding hydrogens is 370 g/mol. The van der Waals surface area contributed by atoms with Crippen molar-refractivity contribution >= 4 is 45.9 Å². The molecule has 0 bridgehead atoms. The minimum absolute atomic E-state index is 0.104. The SMILES string of the molecule is C=CCn1c(SCC(=O)Nc2ccccc2Cl)nc2ccccc2c1=O. The van der Waals surface area contributed by atoms with E-state index in [0.29, 0.717) is 33.3 Å². The summed E-state index contributed by atoms with van der Waals surface area (Å²) in [5, 5.41) is 4.24. The molecule has 0 saturated heterocycles. The Morgan fingerprint density at radius 1 is 1.23 bits per heavy atom. The third-order valence-corrected chi connectivity index (χ3v) is 4.92. The molecule has 1 aromatic heterocycles. The fraction of sp³-hybridized carbons (Fsp3) is 0.105. The molecule has 1 amide bonds. The maximum Gasteiger partial charge on any atom is 0.262 e. The number of allylic oxidation sites excluding steroid dienone is 1. The van der Waals surface area contributed by atoms with Crippen LogP contribution in [0.2, 0.25) is 5.02 Å². The maximum absolute atomic E-state index is 12.7. The van der Waals surface area contributed by atoms with Crippen LogP contribution in [0.5, 0.6) is 0 Å². The van der Waals surface area contributed by atoms with Gasteiger partial charge in [0.25, 0.3) is 5.56 Å². The molecule has 0 radical (unpaired) electrons. The number of hydrogen-bond donors (Lipinski definition) is 1. The van der Waals surface area contributed by atoms with Gasteiger partial charge < -0.3 is 5.32 Å². The van der Waals surface area contributed by atoms with Gasteiger partial charge in [-0.2, -0.15) is 0 Å². The van der Waals surface area contributed by atoms with E-state index in [1.165, 1.54) is 16.3 Å². The quantitative estimate of drug-likeness (QED) is 0.396. The number of halogens is 1. The normalized spacial score (nSPS) is 10.7. The molecule has 2 aromatic carbocycles. The van der Waals surface area contributed by atoms with Gasteiger partial charge in [-0.05, 0) is 24.3 Å². The van der Waals surface area contributed by atoms with Crippen molar-refractivity contribution in [1.29, 1.82) is 0 Å². The Kier molecular flexibility index (Phi) is 5.75. The molecule has 0 aliphatic heterocycles. The highest BCUT2D eigenvalue weighted by atomic mass is 35.5. The monoisotopic (exact) mass is 385 g/mol. The average molecular weight is 386 g/mol. The molecule has 0 aliphatic rings. The Hall–Kier alpha value is -2.57. The van der Waals surface area contributed by atoms with Crippen molar-refractivity contribution in [3.63, 3.8) is 0 Å². The summed E-state index contributed by atoms with van der Waals surface area (Å²) in [6.45, 7) is 4.01. The number of rotatable bonds is 6. The van der Waals surface area contributed by atoms with Crippen molar-refractivity contribution in [2.75, 3.05) is 11.1 Å². The minimum Gasteiger partial charge on any atom is -0.324 e. The van der Waals surface area contributed by atoms with Crippen LogP contribution >= 0.6 is 23.4 Å². The summed E-state index contributed by atoms with van der Waals surface area (Å²) in [6.07, 6.45) is 1.63. The van der Waals surface area contributed by atoms with Gasteiger partial charge in [0.15, 0.2) is 5.16 Å². The Labute approximate surface area is 159 Å². The zero-order valence-corrected chi connectivity index (χ0v) is 15.4. The van der Waals surface area contributed by atoms with Gasteiger partial charge >= 0.3 is 0 Å². The molecule has 5 nitrogen and oxygen atoms in total. The first kappa shape index (κ1) is 18.2. The van der Waals surface area contributed by atoms with E-state index < -0.39 is 0 Å². The molecule has 3 rings (SSSR count). The van der Waals surface area contributed by atoms with Gasteiger partial charge in [0.2, 0.25) is 5.91 Å². The van der Waals surface area contributed by atoms with Crippen molar-refractivity contribution in [2.24, 2.45) is 0 Å². The van der Waals surface area contributed by atoms with E-state index in [9.17, 15) is 9.59 Å². The second-order valence-corrected chi connectivity index (χ2v) is 6.78. The number of amides is 1. The summed E-state index contributed by atoms with van der Waals surface area (Å²) < 4.78 is 1.52. The molecule has 26 heavy (non-hydrogen) atoms. The zero-order chi connectivity index (χ0) is 18.5. The van der Waals surface area contributed by atoms with Gasteiger partial charge in [-0.25, -0.2) is 4.98 Å². The largest absolute Gasteiger partial charge is 0.324 e. The number of fused-ring (bicyclic) bond motifs is 1. The van der Waals surface area contributed by atoms with E-state index in [-0.39, 0.29) is 17.2 Å². The van der Waals surface area contributed by atoms with E-state index in [4.69, 9.17) is 11.6 Å². The van der Waals surface area contributed by atoms with Crippen LogP contribution in [0.1, 0.15) is 0 Å². The lowest BCUT2D eigenvalue weighted by molar-refractivity contribution is -0.113. The van der Waals surface area contributed by atoms with Crippen molar-refractivity contribution in [3.05, 3.63) is 76.6 Å². The highest BCUT2D eigenvalue weighted by Crippen LogP contribution is 2.22. The van der Waals surface area contributed by atoms with Crippen LogP contribution in [-0.4, -0.2) is 21.2 Å². The number of carbonyl (C=O) groups is 1. The number of benzene rings is 2. The number of anilines is 1. The molecular formula is C19H16ClN3O2S. The van der Waals surface area contributed by atoms with Crippen LogP contribution in [0.4, 0.5) is 5.69 Å². The topological polar surface area (TPSA) is 64.0 Å². The lowest BCUT2D eigenvalue weighted by atomic mass is 10.2. The molecule has 1 heterocycles. The lowest BCUT2D eigenvalue weighted by Crippen LogP contribution is -2.23. The van der Waals surface area contributed by atoms with Crippen molar-refractivity contribution in [2.45, 2.75) is 11.7 Å². The standard InChI is InChI=1S/C19H16ClN3O2S/c1-2-11-23-18(25)13-7-3-5-9-15(13)22-19(23)26-12-17(24)21-16-10-6-4-8-14(16)20/h2-10H,1,11-12H2,(H,21,24). The predicted octanol–water partition coefficient (Wildman–Crippen LogP) is 3.97. The Morgan fingerprint density at radius 3 is 2.73 bits per heavy atom. The van der Waals surface area contributed by atoms with Crippen LogP contribution in [0, 0.1) is 0 Å². The second kappa shape index (κ2) is 8.21. The van der Waals surface area contributed by atoms with E-state index in [2.05, 4.69) is 16.9 Å². The molecule has 132 valence electrons. The summed E-state index contributed by atoms with van der Waals surface area (Å²) in [4.78, 5) is 29.4. The third-order valence-electron chi connectivity index (χ3n) is 3.62. The van der Waals surface area contributed by atoms with Gasteiger partial charge in [-0.3, -0.25) is 14.2 Å².